The van der Waals surface area contributed by atoms with Crippen LogP contribution in [0.2, 0.25) is 0 Å². The van der Waals surface area contributed by atoms with E-state index in [2.05, 4.69) is 218 Å². The van der Waals surface area contributed by atoms with Crippen molar-refractivity contribution in [2.24, 2.45) is 0 Å². The Morgan fingerprint density at radius 2 is 0.766 bits per heavy atom. The molecule has 0 saturated carbocycles. The number of para-hydroxylation sites is 1. The Kier molecular flexibility index (Phi) is 8.25. The third-order valence-corrected chi connectivity index (χ3v) is 13.2. The first-order valence-corrected chi connectivity index (χ1v) is 22.0. The molecule has 11 aromatic carbocycles. The van der Waals surface area contributed by atoms with Gasteiger partial charge in [-0.05, 0) is 147 Å². The lowest BCUT2D eigenvalue weighted by molar-refractivity contribution is 1.40. The lowest BCUT2D eigenvalue weighted by atomic mass is 9.83. The second-order valence-electron chi connectivity index (χ2n) is 16.9. The first kappa shape index (κ1) is 36.2. The van der Waals surface area contributed by atoms with Crippen molar-refractivity contribution in [3.8, 4) is 55.8 Å². The smallest absolute Gasteiger partial charge is 0.0714 e. The minimum absolute atomic E-state index is 0.962. The molecule has 0 N–H and O–H groups in total. The number of aromatic nitrogens is 2. The van der Waals surface area contributed by atoms with Gasteiger partial charge in [-0.1, -0.05) is 176 Å². The summed E-state index contributed by atoms with van der Waals surface area (Å²) in [6, 6.07) is 82.1. The van der Waals surface area contributed by atoms with Gasteiger partial charge in [0, 0.05) is 22.5 Å². The van der Waals surface area contributed by atoms with E-state index in [0.29, 0.717) is 0 Å². The van der Waals surface area contributed by atoms with Crippen LogP contribution in [0.1, 0.15) is 0 Å². The molecule has 2 heterocycles. The number of pyridine rings is 2. The molecule has 0 aliphatic heterocycles. The number of rotatable bonds is 5. The molecular weight excluding hydrogens is 773 g/mol. The molecule has 0 atom stereocenters. The number of fused-ring (bicyclic) bond motifs is 8. The van der Waals surface area contributed by atoms with Crippen LogP contribution in [0.3, 0.4) is 0 Å². The summed E-state index contributed by atoms with van der Waals surface area (Å²) in [5.74, 6) is 0. The van der Waals surface area contributed by atoms with Gasteiger partial charge in [-0.15, -0.1) is 0 Å². The number of hydrogen-bond acceptors (Lipinski definition) is 2. The highest BCUT2D eigenvalue weighted by atomic mass is 14.7. The van der Waals surface area contributed by atoms with Crippen molar-refractivity contribution in [2.75, 3.05) is 0 Å². The molecule has 2 aromatic heterocycles. The summed E-state index contributed by atoms with van der Waals surface area (Å²) in [4.78, 5) is 9.92. The van der Waals surface area contributed by atoms with E-state index in [1.54, 1.807) is 0 Å². The zero-order valence-electron chi connectivity index (χ0n) is 34.8. The third-order valence-electron chi connectivity index (χ3n) is 13.2. The van der Waals surface area contributed by atoms with Gasteiger partial charge in [-0.2, -0.15) is 0 Å². The molecule has 0 bridgehead atoms. The van der Waals surface area contributed by atoms with Crippen LogP contribution in [0.15, 0.2) is 231 Å². The van der Waals surface area contributed by atoms with Crippen LogP contribution in [0.5, 0.6) is 0 Å². The van der Waals surface area contributed by atoms with Crippen molar-refractivity contribution in [3.63, 3.8) is 0 Å². The van der Waals surface area contributed by atoms with Crippen molar-refractivity contribution >= 4 is 75.7 Å². The predicted molar refractivity (Wildman–Crippen MR) is 272 cm³/mol. The van der Waals surface area contributed by atoms with Crippen LogP contribution in [0.25, 0.3) is 131 Å². The molecule has 13 rings (SSSR count). The SMILES string of the molecule is c1ccc2cc(-c3c4ccc(-c5ccc6ccccc6n5)cc4c(-c4ccc5ccccc5c4)c4ccc(-c5ccc(-c6cc7ncccc7c7ccccc67)cc5)cc34)ccc2c1. The maximum absolute atomic E-state index is 5.17. The average molecular weight is 811 g/mol. The van der Waals surface area contributed by atoms with E-state index >= 15 is 0 Å². The fourth-order valence-electron chi connectivity index (χ4n) is 10.1. The van der Waals surface area contributed by atoms with Gasteiger partial charge in [0.15, 0.2) is 0 Å². The van der Waals surface area contributed by atoms with Gasteiger partial charge in [0.1, 0.15) is 0 Å². The normalized spacial score (nSPS) is 11.8. The highest BCUT2D eigenvalue weighted by molar-refractivity contribution is 6.23. The topological polar surface area (TPSA) is 25.8 Å². The number of benzene rings is 11. The second-order valence-corrected chi connectivity index (χ2v) is 16.9. The van der Waals surface area contributed by atoms with Crippen LogP contribution < -0.4 is 0 Å². The Morgan fingerprint density at radius 1 is 0.250 bits per heavy atom. The Balaban J connectivity index is 1.06. The highest BCUT2D eigenvalue weighted by Crippen LogP contribution is 2.47. The molecule has 2 heteroatoms. The summed E-state index contributed by atoms with van der Waals surface area (Å²) in [6.07, 6.45) is 1.88. The standard InChI is InChI=1S/C62H38N2/c1-3-13-44-34-48(25-21-39(44)10-1)61-54-31-28-47(59-32-29-43-12-5-8-18-58(43)64-59)37-57(54)62(49-26-22-40-11-2-4-14-45(40)35-49)53-30-27-46(36-56(53)61)41-19-23-42(24-20-41)55-38-60-52(17-9-33-63-60)50-15-6-7-16-51(50)55/h1-38H. The largest absolute Gasteiger partial charge is 0.256 e. The van der Waals surface area contributed by atoms with Gasteiger partial charge >= 0.3 is 0 Å². The van der Waals surface area contributed by atoms with Crippen molar-refractivity contribution < 1.29 is 0 Å². The molecule has 296 valence electrons. The second kappa shape index (κ2) is 14.6. The molecule has 0 aliphatic carbocycles. The molecule has 64 heavy (non-hydrogen) atoms. The lowest BCUT2D eigenvalue weighted by Crippen LogP contribution is -1.93. The molecule has 13 aromatic rings. The highest BCUT2D eigenvalue weighted by Gasteiger charge is 2.20. The van der Waals surface area contributed by atoms with Crippen molar-refractivity contribution in [1.29, 1.82) is 0 Å². The van der Waals surface area contributed by atoms with E-state index in [0.717, 1.165) is 27.7 Å². The van der Waals surface area contributed by atoms with E-state index < -0.39 is 0 Å². The van der Waals surface area contributed by atoms with Crippen molar-refractivity contribution in [1.82, 2.24) is 9.97 Å². The summed E-state index contributed by atoms with van der Waals surface area (Å²) in [6.45, 7) is 0. The fourth-order valence-corrected chi connectivity index (χ4v) is 10.1. The zero-order chi connectivity index (χ0) is 42.1. The Morgan fingerprint density at radius 3 is 1.47 bits per heavy atom. The lowest BCUT2D eigenvalue weighted by Gasteiger charge is -2.20. The Hall–Kier alpha value is -8.46. The first-order chi connectivity index (χ1) is 31.7. The summed E-state index contributed by atoms with van der Waals surface area (Å²) in [5, 5.41) is 14.5. The molecule has 0 fully saturated rings. The maximum atomic E-state index is 5.17. The van der Waals surface area contributed by atoms with Crippen molar-refractivity contribution in [3.05, 3.63) is 231 Å². The summed E-state index contributed by atoms with van der Waals surface area (Å²) < 4.78 is 0. The summed E-state index contributed by atoms with van der Waals surface area (Å²) >= 11 is 0. The van der Waals surface area contributed by atoms with E-state index in [1.165, 1.54) is 104 Å². The van der Waals surface area contributed by atoms with E-state index in [-0.39, 0.29) is 0 Å². The zero-order valence-corrected chi connectivity index (χ0v) is 34.8. The molecule has 0 saturated heterocycles. The molecule has 0 unspecified atom stereocenters. The quantitative estimate of drug-likeness (QED) is 0.128. The van der Waals surface area contributed by atoms with Gasteiger partial charge in [0.05, 0.1) is 16.7 Å². The van der Waals surface area contributed by atoms with E-state index in [1.807, 2.05) is 12.3 Å². The molecule has 0 radical (unpaired) electrons. The van der Waals surface area contributed by atoms with Gasteiger partial charge in [0.2, 0.25) is 0 Å². The minimum Gasteiger partial charge on any atom is -0.256 e. The Labute approximate surface area is 370 Å². The van der Waals surface area contributed by atoms with Crippen LogP contribution in [-0.4, -0.2) is 9.97 Å². The maximum Gasteiger partial charge on any atom is 0.0714 e. The first-order valence-electron chi connectivity index (χ1n) is 22.0. The van der Waals surface area contributed by atoms with Gasteiger partial charge in [-0.3, -0.25) is 4.98 Å². The summed E-state index contributed by atoms with van der Waals surface area (Å²) in [5.41, 5.74) is 13.6. The fraction of sp³-hybridized carbons (Fsp3) is 0. The summed E-state index contributed by atoms with van der Waals surface area (Å²) in [7, 11) is 0. The third kappa shape index (κ3) is 5.95. The van der Waals surface area contributed by atoms with Crippen LogP contribution in [0, 0.1) is 0 Å². The van der Waals surface area contributed by atoms with Gasteiger partial charge < -0.3 is 0 Å². The van der Waals surface area contributed by atoms with Crippen LogP contribution in [0.4, 0.5) is 0 Å². The van der Waals surface area contributed by atoms with Crippen LogP contribution >= 0.6 is 0 Å². The predicted octanol–water partition coefficient (Wildman–Crippen LogP) is 16.9. The Bertz CT molecular complexity index is 4010. The monoisotopic (exact) mass is 810 g/mol. The van der Waals surface area contributed by atoms with E-state index in [9.17, 15) is 0 Å². The van der Waals surface area contributed by atoms with Gasteiger partial charge in [0.25, 0.3) is 0 Å². The number of hydrogen-bond donors (Lipinski definition) is 0. The number of nitrogens with zero attached hydrogens (tertiary/aromatic N) is 2. The molecule has 0 spiro atoms. The van der Waals surface area contributed by atoms with E-state index in [4.69, 9.17) is 9.97 Å². The minimum atomic E-state index is 0.962. The molecular formula is C62H38N2. The molecule has 0 aliphatic rings. The van der Waals surface area contributed by atoms with Crippen molar-refractivity contribution in [2.45, 2.75) is 0 Å². The van der Waals surface area contributed by atoms with Crippen LogP contribution in [-0.2, 0) is 0 Å². The molecule has 2 nitrogen and oxygen atoms in total. The average Bonchev–Trinajstić information content (AvgIpc) is 3.37. The molecule has 0 amide bonds. The van der Waals surface area contributed by atoms with Gasteiger partial charge in [-0.25, -0.2) is 4.98 Å².